The minimum Gasteiger partial charge on any atom is -0.457 e. The number of sulfonamides is 1. The van der Waals surface area contributed by atoms with E-state index in [1.165, 1.54) is 44.4 Å². The van der Waals surface area contributed by atoms with Crippen LogP contribution in [-0.4, -0.2) is 32.8 Å². The van der Waals surface area contributed by atoms with Crippen LogP contribution in [0.15, 0.2) is 47.4 Å². The standard InChI is InChI=1S/C18H18F3NO4S/c1-12-7-8-15(27(24,25)22(2)3)10-16(12)17(23)26-11-13-5-4-6-14(9-13)18(19,20)21/h4-10H,11H2,1-3H3. The lowest BCUT2D eigenvalue weighted by atomic mass is 10.1. The second-order valence-electron chi connectivity index (χ2n) is 6.04. The molecule has 0 bridgehead atoms. The molecule has 0 heterocycles. The summed E-state index contributed by atoms with van der Waals surface area (Å²) in [5.74, 6) is -0.819. The molecule has 2 aromatic rings. The number of rotatable bonds is 5. The molecule has 2 aromatic carbocycles. The Morgan fingerprint density at radius 2 is 1.78 bits per heavy atom. The van der Waals surface area contributed by atoms with Gasteiger partial charge in [-0.3, -0.25) is 0 Å². The molecule has 0 unspecified atom stereocenters. The number of aryl methyl sites for hydroxylation is 1. The molecule has 0 aliphatic rings. The van der Waals surface area contributed by atoms with Crippen molar-refractivity contribution in [3.05, 3.63) is 64.7 Å². The molecule has 0 spiro atoms. The Hall–Kier alpha value is -2.39. The van der Waals surface area contributed by atoms with Crippen molar-refractivity contribution in [2.75, 3.05) is 14.1 Å². The second-order valence-corrected chi connectivity index (χ2v) is 8.19. The van der Waals surface area contributed by atoms with Crippen LogP contribution in [0.2, 0.25) is 0 Å². The first-order chi connectivity index (χ1) is 12.4. The summed E-state index contributed by atoms with van der Waals surface area (Å²) in [6, 6.07) is 8.48. The molecule has 5 nitrogen and oxygen atoms in total. The Kier molecular flexibility index (Phi) is 5.96. The largest absolute Gasteiger partial charge is 0.457 e. The minimum atomic E-state index is -4.49. The first-order valence-corrected chi connectivity index (χ1v) is 9.23. The summed E-state index contributed by atoms with van der Waals surface area (Å²) in [5, 5.41) is 0. The van der Waals surface area contributed by atoms with E-state index in [-0.39, 0.29) is 22.6 Å². The molecule has 9 heteroatoms. The number of esters is 1. The molecule has 146 valence electrons. The Balaban J connectivity index is 2.22. The van der Waals surface area contributed by atoms with Crippen LogP contribution in [0, 0.1) is 6.92 Å². The zero-order valence-electron chi connectivity index (χ0n) is 14.9. The molecular weight excluding hydrogens is 383 g/mol. The average Bonchev–Trinajstić information content (AvgIpc) is 2.59. The number of hydrogen-bond acceptors (Lipinski definition) is 4. The van der Waals surface area contributed by atoms with Gasteiger partial charge < -0.3 is 4.74 Å². The van der Waals surface area contributed by atoms with Gasteiger partial charge in [0.1, 0.15) is 6.61 Å². The highest BCUT2D eigenvalue weighted by Crippen LogP contribution is 2.29. The van der Waals surface area contributed by atoms with Gasteiger partial charge in [-0.05, 0) is 42.3 Å². The molecule has 0 aliphatic carbocycles. The molecule has 0 radical (unpaired) electrons. The normalized spacial score (nSPS) is 12.3. The summed E-state index contributed by atoms with van der Waals surface area (Å²) in [4.78, 5) is 12.2. The SMILES string of the molecule is Cc1ccc(S(=O)(=O)N(C)C)cc1C(=O)OCc1cccc(C(F)(F)F)c1. The lowest BCUT2D eigenvalue weighted by Crippen LogP contribution is -2.22. The summed E-state index contributed by atoms with van der Waals surface area (Å²) in [7, 11) is -1.01. The zero-order valence-corrected chi connectivity index (χ0v) is 15.7. The van der Waals surface area contributed by atoms with E-state index >= 15 is 0 Å². The third-order valence-corrected chi connectivity index (χ3v) is 5.64. The van der Waals surface area contributed by atoms with Crippen LogP contribution >= 0.6 is 0 Å². The van der Waals surface area contributed by atoms with E-state index in [1.54, 1.807) is 6.92 Å². The summed E-state index contributed by atoms with van der Waals surface area (Å²) >= 11 is 0. The summed E-state index contributed by atoms with van der Waals surface area (Å²) < 4.78 is 68.7. The molecule has 0 amide bonds. The first-order valence-electron chi connectivity index (χ1n) is 7.79. The van der Waals surface area contributed by atoms with E-state index in [2.05, 4.69) is 0 Å². The van der Waals surface area contributed by atoms with Crippen molar-refractivity contribution in [1.82, 2.24) is 4.31 Å². The van der Waals surface area contributed by atoms with Crippen molar-refractivity contribution in [1.29, 1.82) is 0 Å². The number of hydrogen-bond donors (Lipinski definition) is 0. The van der Waals surface area contributed by atoms with Gasteiger partial charge in [0.15, 0.2) is 0 Å². The van der Waals surface area contributed by atoms with Gasteiger partial charge in [-0.2, -0.15) is 13.2 Å². The quantitative estimate of drug-likeness (QED) is 0.718. The van der Waals surface area contributed by atoms with Gasteiger partial charge in [0, 0.05) is 14.1 Å². The van der Waals surface area contributed by atoms with Gasteiger partial charge in [-0.15, -0.1) is 0 Å². The highest BCUT2D eigenvalue weighted by atomic mass is 32.2. The number of nitrogens with zero attached hydrogens (tertiary/aromatic N) is 1. The number of alkyl halides is 3. The van der Waals surface area contributed by atoms with Crippen LogP contribution in [0.1, 0.15) is 27.0 Å². The molecule has 0 aromatic heterocycles. The Bertz CT molecular complexity index is 953. The van der Waals surface area contributed by atoms with Gasteiger partial charge in [-0.1, -0.05) is 18.2 Å². The van der Waals surface area contributed by atoms with E-state index < -0.39 is 27.7 Å². The predicted molar refractivity (Wildman–Crippen MR) is 92.6 cm³/mol. The highest BCUT2D eigenvalue weighted by Gasteiger charge is 2.30. The minimum absolute atomic E-state index is 0.0323. The first kappa shape index (κ1) is 20.9. The van der Waals surface area contributed by atoms with Crippen LogP contribution in [0.3, 0.4) is 0 Å². The summed E-state index contributed by atoms with van der Waals surface area (Å²) in [5.41, 5.74) is -0.147. The van der Waals surface area contributed by atoms with Crippen molar-refractivity contribution in [3.8, 4) is 0 Å². The Morgan fingerprint density at radius 1 is 1.11 bits per heavy atom. The molecule has 0 fully saturated rings. The van der Waals surface area contributed by atoms with Crippen LogP contribution in [-0.2, 0) is 27.5 Å². The third-order valence-electron chi connectivity index (χ3n) is 3.83. The summed E-state index contributed by atoms with van der Waals surface area (Å²) in [6.07, 6.45) is -4.49. The van der Waals surface area contributed by atoms with Crippen LogP contribution in [0.25, 0.3) is 0 Å². The fourth-order valence-electron chi connectivity index (χ4n) is 2.26. The van der Waals surface area contributed by atoms with E-state index in [1.807, 2.05) is 0 Å². The second kappa shape index (κ2) is 7.69. The van der Waals surface area contributed by atoms with Gasteiger partial charge in [-0.25, -0.2) is 17.5 Å². The van der Waals surface area contributed by atoms with E-state index in [4.69, 9.17) is 4.74 Å². The number of carbonyl (C=O) groups excluding carboxylic acids is 1. The van der Waals surface area contributed by atoms with E-state index in [9.17, 15) is 26.4 Å². The molecule has 0 saturated heterocycles. The third kappa shape index (κ3) is 4.86. The molecular formula is C18H18F3NO4S. The number of benzene rings is 2. The number of ether oxygens (including phenoxy) is 1. The Morgan fingerprint density at radius 3 is 2.37 bits per heavy atom. The van der Waals surface area contributed by atoms with Crippen molar-refractivity contribution in [3.63, 3.8) is 0 Å². The van der Waals surface area contributed by atoms with E-state index in [0.29, 0.717) is 5.56 Å². The smallest absolute Gasteiger partial charge is 0.416 e. The highest BCUT2D eigenvalue weighted by molar-refractivity contribution is 7.89. The molecule has 0 saturated carbocycles. The van der Waals surface area contributed by atoms with Crippen molar-refractivity contribution < 1.29 is 31.1 Å². The van der Waals surface area contributed by atoms with Crippen molar-refractivity contribution in [2.45, 2.75) is 24.6 Å². The predicted octanol–water partition coefficient (Wildman–Crippen LogP) is 3.62. The molecule has 0 aliphatic heterocycles. The molecule has 2 rings (SSSR count). The van der Waals surface area contributed by atoms with Gasteiger partial charge in [0.2, 0.25) is 10.0 Å². The number of carbonyl (C=O) groups is 1. The lowest BCUT2D eigenvalue weighted by Gasteiger charge is -2.14. The molecule has 0 atom stereocenters. The van der Waals surface area contributed by atoms with Crippen molar-refractivity contribution >= 4 is 16.0 Å². The van der Waals surface area contributed by atoms with Crippen LogP contribution < -0.4 is 0 Å². The Labute approximate surface area is 155 Å². The maximum atomic E-state index is 12.7. The summed E-state index contributed by atoms with van der Waals surface area (Å²) in [6.45, 7) is 1.24. The van der Waals surface area contributed by atoms with Crippen LogP contribution in [0.4, 0.5) is 13.2 Å². The maximum absolute atomic E-state index is 12.7. The van der Waals surface area contributed by atoms with Crippen molar-refractivity contribution in [2.24, 2.45) is 0 Å². The lowest BCUT2D eigenvalue weighted by molar-refractivity contribution is -0.137. The fraction of sp³-hybridized carbons (Fsp3) is 0.278. The average molecular weight is 401 g/mol. The number of halogens is 3. The van der Waals surface area contributed by atoms with Gasteiger partial charge in [0.25, 0.3) is 0 Å². The zero-order chi connectivity index (χ0) is 20.4. The van der Waals surface area contributed by atoms with Gasteiger partial charge >= 0.3 is 12.1 Å². The van der Waals surface area contributed by atoms with E-state index in [0.717, 1.165) is 16.4 Å². The molecule has 27 heavy (non-hydrogen) atoms. The van der Waals surface area contributed by atoms with Gasteiger partial charge in [0.05, 0.1) is 16.0 Å². The van der Waals surface area contributed by atoms with Crippen LogP contribution in [0.5, 0.6) is 0 Å². The maximum Gasteiger partial charge on any atom is 0.416 e. The topological polar surface area (TPSA) is 63.7 Å². The molecule has 0 N–H and O–H groups in total. The monoisotopic (exact) mass is 401 g/mol. The fourth-order valence-corrected chi connectivity index (χ4v) is 3.18.